The summed E-state index contributed by atoms with van der Waals surface area (Å²) in [4.78, 5) is 0. The van der Waals surface area contributed by atoms with Crippen LogP contribution in [0.1, 0.15) is 5.56 Å². The third kappa shape index (κ3) is 2.22. The first-order valence-electron chi connectivity index (χ1n) is 2.89. The normalized spacial score (nSPS) is 9.70. The Hall–Kier alpha value is -0.161. The topological polar surface area (TPSA) is 9.23 Å². The fraction of sp³-hybridized carbons (Fsp3) is 0.143. The monoisotopic (exact) mass is 218 g/mol. The van der Waals surface area contributed by atoms with Crippen LogP contribution in [0.25, 0.3) is 0 Å². The molecule has 0 saturated heterocycles. The van der Waals surface area contributed by atoms with Crippen molar-refractivity contribution >= 4 is 22.2 Å². The van der Waals surface area contributed by atoms with Gasteiger partial charge in [0.05, 0.1) is 0 Å². The van der Waals surface area contributed by atoms with E-state index in [2.05, 4.69) is 22.0 Å². The van der Waals surface area contributed by atoms with E-state index in [-0.39, 0.29) is 0 Å². The van der Waals surface area contributed by atoms with Gasteiger partial charge in [0.25, 0.3) is 0 Å². The van der Waals surface area contributed by atoms with Gasteiger partial charge in [-0.1, -0.05) is 0 Å². The van der Waals surface area contributed by atoms with Gasteiger partial charge in [0.2, 0.25) is 0 Å². The number of rotatable bonds is 2. The maximum atomic E-state index is 5.18. The second kappa shape index (κ2) is 3.88. The molecule has 0 amide bonds. The molecule has 52 valence electrons. The van der Waals surface area contributed by atoms with Crippen LogP contribution in [0.15, 0.2) is 24.3 Å². The van der Waals surface area contributed by atoms with Crippen molar-refractivity contribution in [1.82, 2.24) is 0 Å². The molecule has 0 aliphatic rings. The Morgan fingerprint density at radius 2 is 1.90 bits per heavy atom. The Morgan fingerprint density at radius 1 is 1.30 bits per heavy atom. The first-order chi connectivity index (χ1) is 4.83. The first-order valence-corrected chi connectivity index (χ1v) is 5.92. The standard InChI is InChI=1S/C7H7OPSe/c1-6-2-4-7(5-3-6)8-9-10/h2-5H,1H3. The molecular formula is C7H7OPSe. The second-order valence-electron chi connectivity index (χ2n) is 1.98. The van der Waals surface area contributed by atoms with Crippen molar-refractivity contribution in [2.75, 3.05) is 0 Å². The summed E-state index contributed by atoms with van der Waals surface area (Å²) in [7, 11) is 0.821. The van der Waals surface area contributed by atoms with E-state index in [1.54, 1.807) is 0 Å². The molecule has 0 unspecified atom stereocenters. The van der Waals surface area contributed by atoms with E-state index in [1.165, 1.54) is 5.56 Å². The summed E-state index contributed by atoms with van der Waals surface area (Å²) in [5.74, 6) is 0.908. The predicted molar refractivity (Wildman–Crippen MR) is 44.5 cm³/mol. The van der Waals surface area contributed by atoms with Crippen LogP contribution in [-0.2, 0) is 0 Å². The minimum atomic E-state index is 0.821. The van der Waals surface area contributed by atoms with Crippen molar-refractivity contribution in [2.45, 2.75) is 6.92 Å². The summed E-state index contributed by atoms with van der Waals surface area (Å²) in [5, 5.41) is 0. The molecular weight excluding hydrogens is 210 g/mol. The van der Waals surface area contributed by atoms with Crippen molar-refractivity contribution in [1.29, 1.82) is 0 Å². The summed E-state index contributed by atoms with van der Waals surface area (Å²) in [6.45, 7) is 2.06. The molecule has 0 aromatic heterocycles. The predicted octanol–water partition coefficient (Wildman–Crippen LogP) is 2.32. The van der Waals surface area contributed by atoms with Crippen LogP contribution in [0.4, 0.5) is 0 Å². The third-order valence-electron chi connectivity index (χ3n) is 1.16. The van der Waals surface area contributed by atoms with E-state index in [0.29, 0.717) is 0 Å². The molecule has 0 fully saturated rings. The van der Waals surface area contributed by atoms with Crippen molar-refractivity contribution in [3.63, 3.8) is 0 Å². The number of benzene rings is 1. The molecule has 1 aromatic carbocycles. The molecule has 0 aliphatic carbocycles. The van der Waals surface area contributed by atoms with Gasteiger partial charge in [-0.15, -0.1) is 0 Å². The first kappa shape index (κ1) is 7.94. The summed E-state index contributed by atoms with van der Waals surface area (Å²) in [5.41, 5.74) is 1.25. The van der Waals surface area contributed by atoms with Gasteiger partial charge < -0.3 is 0 Å². The molecule has 1 nitrogen and oxygen atoms in total. The molecule has 0 aliphatic heterocycles. The van der Waals surface area contributed by atoms with Crippen LogP contribution < -0.4 is 4.52 Å². The molecule has 0 bridgehead atoms. The van der Waals surface area contributed by atoms with Gasteiger partial charge in [0, 0.05) is 0 Å². The molecule has 0 saturated carbocycles. The number of hydrogen-bond acceptors (Lipinski definition) is 1. The molecule has 0 atom stereocenters. The second-order valence-corrected chi connectivity index (χ2v) is 3.25. The number of hydrogen-bond donors (Lipinski definition) is 0. The zero-order valence-electron chi connectivity index (χ0n) is 5.57. The number of aryl methyl sites for hydroxylation is 1. The van der Waals surface area contributed by atoms with Crippen molar-refractivity contribution in [2.24, 2.45) is 0 Å². The average molecular weight is 217 g/mol. The molecule has 0 N–H and O–H groups in total. The Bertz CT molecular complexity index is 220. The summed E-state index contributed by atoms with van der Waals surface area (Å²) >= 11 is 2.76. The Kier molecular flexibility index (Phi) is 3.08. The van der Waals surface area contributed by atoms with Crippen LogP contribution in [0, 0.1) is 6.92 Å². The SMILES string of the molecule is Cc1ccc(OP=[Se])cc1. The van der Waals surface area contributed by atoms with E-state index < -0.39 is 0 Å². The van der Waals surface area contributed by atoms with Crippen LogP contribution in [0.2, 0.25) is 0 Å². The van der Waals surface area contributed by atoms with Gasteiger partial charge in [-0.3, -0.25) is 0 Å². The summed E-state index contributed by atoms with van der Waals surface area (Å²) in [6.07, 6.45) is 0. The van der Waals surface area contributed by atoms with Crippen LogP contribution >= 0.6 is 7.05 Å². The molecule has 3 heteroatoms. The maximum absolute atomic E-state index is 5.18. The van der Waals surface area contributed by atoms with E-state index in [4.69, 9.17) is 4.52 Å². The summed E-state index contributed by atoms with van der Waals surface area (Å²) in [6, 6.07) is 7.97. The van der Waals surface area contributed by atoms with Gasteiger partial charge in [-0.2, -0.15) is 0 Å². The van der Waals surface area contributed by atoms with E-state index in [0.717, 1.165) is 12.8 Å². The quantitative estimate of drug-likeness (QED) is 0.545. The van der Waals surface area contributed by atoms with Gasteiger partial charge >= 0.3 is 69.2 Å². The van der Waals surface area contributed by atoms with E-state index in [9.17, 15) is 0 Å². The minimum absolute atomic E-state index is 0.821. The molecule has 1 aromatic rings. The fourth-order valence-electron chi connectivity index (χ4n) is 0.642. The summed E-state index contributed by atoms with van der Waals surface area (Å²) < 4.78 is 5.18. The molecule has 0 spiro atoms. The molecule has 0 heterocycles. The van der Waals surface area contributed by atoms with Gasteiger partial charge in [-0.05, 0) is 0 Å². The molecule has 1 rings (SSSR count). The van der Waals surface area contributed by atoms with Crippen molar-refractivity contribution in [3.8, 4) is 5.75 Å². The van der Waals surface area contributed by atoms with Gasteiger partial charge in [0.1, 0.15) is 0 Å². The Balaban J connectivity index is 2.78. The van der Waals surface area contributed by atoms with E-state index in [1.807, 2.05) is 24.3 Å². The van der Waals surface area contributed by atoms with Crippen LogP contribution in [0.5, 0.6) is 5.75 Å². The Labute approximate surface area is 69.5 Å². The van der Waals surface area contributed by atoms with Crippen LogP contribution in [0.3, 0.4) is 0 Å². The van der Waals surface area contributed by atoms with Crippen LogP contribution in [-0.4, -0.2) is 15.1 Å². The zero-order valence-corrected chi connectivity index (χ0v) is 8.18. The van der Waals surface area contributed by atoms with Crippen molar-refractivity contribution in [3.05, 3.63) is 29.8 Å². The Morgan fingerprint density at radius 3 is 2.40 bits per heavy atom. The van der Waals surface area contributed by atoms with Gasteiger partial charge in [0.15, 0.2) is 0 Å². The molecule has 0 radical (unpaired) electrons. The zero-order chi connectivity index (χ0) is 7.40. The fourth-order valence-corrected chi connectivity index (χ4v) is 1.39. The average Bonchev–Trinajstić information content (AvgIpc) is 1.95. The third-order valence-corrected chi connectivity index (χ3v) is 1.92. The van der Waals surface area contributed by atoms with Crippen molar-refractivity contribution < 1.29 is 4.52 Å². The molecule has 10 heavy (non-hydrogen) atoms. The van der Waals surface area contributed by atoms with Gasteiger partial charge in [-0.25, -0.2) is 0 Å². The van der Waals surface area contributed by atoms with E-state index >= 15 is 0 Å².